The Bertz CT molecular complexity index is 1270. The van der Waals surface area contributed by atoms with Gasteiger partial charge in [0, 0.05) is 18.7 Å². The number of β-amino-alcohol motifs (C(OH)–C–C–N with tert-alkyl or cyclic N) is 1. The van der Waals surface area contributed by atoms with Crippen molar-refractivity contribution in [2.45, 2.75) is 38.8 Å². The lowest BCUT2D eigenvalue weighted by Crippen LogP contribution is -2.40. The zero-order chi connectivity index (χ0) is 21.8. The average molecular weight is 431 g/mol. The number of hydrogen-bond acceptors (Lipinski definition) is 6. The zero-order valence-corrected chi connectivity index (χ0v) is 18.3. The van der Waals surface area contributed by atoms with Crippen molar-refractivity contribution in [3.63, 3.8) is 0 Å². The Balaban J connectivity index is 1.61. The molecule has 1 fully saturated rings. The highest BCUT2D eigenvalue weighted by Crippen LogP contribution is 2.46. The molecule has 6 rings (SSSR count). The van der Waals surface area contributed by atoms with Crippen molar-refractivity contribution < 1.29 is 14.4 Å². The molecule has 2 aromatic carbocycles. The fourth-order valence-electron chi connectivity index (χ4n) is 5.17. The SMILES string of the molecule is Cc1noc(C)c1-c1ccc2nc(N3CCCC(O)C3)n3c2c1OCC3c1ccccc1. The number of piperidine rings is 1. The third-order valence-corrected chi connectivity index (χ3v) is 6.65. The monoisotopic (exact) mass is 430 g/mol. The van der Waals surface area contributed by atoms with E-state index in [-0.39, 0.29) is 12.1 Å². The topological polar surface area (TPSA) is 76.5 Å². The summed E-state index contributed by atoms with van der Waals surface area (Å²) in [5.41, 5.74) is 5.86. The molecular weight excluding hydrogens is 404 g/mol. The minimum absolute atomic E-state index is 0.00249. The summed E-state index contributed by atoms with van der Waals surface area (Å²) >= 11 is 0. The molecule has 4 heterocycles. The summed E-state index contributed by atoms with van der Waals surface area (Å²) in [6.45, 7) is 5.87. The number of ether oxygens (including phenoxy) is 1. The average Bonchev–Trinajstić information content (AvgIpc) is 3.36. The van der Waals surface area contributed by atoms with Gasteiger partial charge in [-0.2, -0.15) is 0 Å². The van der Waals surface area contributed by atoms with Crippen LogP contribution in [-0.2, 0) is 0 Å². The maximum Gasteiger partial charge on any atom is 0.207 e. The number of benzene rings is 2. The van der Waals surface area contributed by atoms with E-state index in [1.54, 1.807) is 0 Å². The lowest BCUT2D eigenvalue weighted by atomic mass is 10.00. The summed E-state index contributed by atoms with van der Waals surface area (Å²) in [4.78, 5) is 7.26. The Morgan fingerprint density at radius 1 is 1.09 bits per heavy atom. The number of aliphatic hydroxyl groups excluding tert-OH is 1. The summed E-state index contributed by atoms with van der Waals surface area (Å²) in [7, 11) is 0. The maximum absolute atomic E-state index is 10.3. The standard InChI is InChI=1S/C25H26N4O3/c1-15-22(16(2)32-27-15)19-10-11-20-23-24(19)31-14-21(17-7-4-3-5-8-17)29(23)25(26-20)28-12-6-9-18(30)13-28/h3-5,7-8,10-11,18,21,30H,6,9,12-14H2,1-2H3. The van der Waals surface area contributed by atoms with Gasteiger partial charge < -0.3 is 19.3 Å². The Morgan fingerprint density at radius 3 is 2.69 bits per heavy atom. The Kier molecular flexibility index (Phi) is 4.47. The van der Waals surface area contributed by atoms with Crippen LogP contribution in [0.4, 0.5) is 5.95 Å². The molecule has 0 aliphatic carbocycles. The van der Waals surface area contributed by atoms with Crippen molar-refractivity contribution in [3.8, 4) is 16.9 Å². The van der Waals surface area contributed by atoms with Gasteiger partial charge >= 0.3 is 0 Å². The number of aliphatic hydroxyl groups is 1. The first-order valence-electron chi connectivity index (χ1n) is 11.2. The molecule has 32 heavy (non-hydrogen) atoms. The number of anilines is 1. The van der Waals surface area contributed by atoms with E-state index in [4.69, 9.17) is 14.2 Å². The molecule has 2 aliphatic rings. The second-order valence-corrected chi connectivity index (χ2v) is 8.77. The molecule has 0 bridgehead atoms. The first-order valence-corrected chi connectivity index (χ1v) is 11.2. The second-order valence-electron chi connectivity index (χ2n) is 8.77. The van der Waals surface area contributed by atoms with Gasteiger partial charge in [0.1, 0.15) is 17.9 Å². The van der Waals surface area contributed by atoms with Crippen LogP contribution in [0.25, 0.3) is 22.2 Å². The first kappa shape index (κ1) is 19.4. The van der Waals surface area contributed by atoms with Crippen LogP contribution in [0.3, 0.4) is 0 Å². The molecule has 2 unspecified atom stereocenters. The Hall–Kier alpha value is -3.32. The van der Waals surface area contributed by atoms with Crippen molar-refractivity contribution in [3.05, 3.63) is 59.5 Å². The van der Waals surface area contributed by atoms with Gasteiger partial charge in [0.15, 0.2) is 5.75 Å². The third kappa shape index (κ3) is 2.92. The molecule has 7 nitrogen and oxygen atoms in total. The minimum atomic E-state index is -0.330. The number of hydrogen-bond donors (Lipinski definition) is 1. The van der Waals surface area contributed by atoms with E-state index in [1.165, 1.54) is 5.56 Å². The smallest absolute Gasteiger partial charge is 0.207 e. The molecule has 0 radical (unpaired) electrons. The highest BCUT2D eigenvalue weighted by Gasteiger charge is 2.34. The molecule has 4 aromatic rings. The number of aromatic nitrogens is 3. The molecule has 1 saturated heterocycles. The van der Waals surface area contributed by atoms with Crippen LogP contribution in [0.5, 0.6) is 5.75 Å². The molecule has 0 spiro atoms. The summed E-state index contributed by atoms with van der Waals surface area (Å²) in [6, 6.07) is 14.5. The van der Waals surface area contributed by atoms with E-state index < -0.39 is 0 Å². The first-order chi connectivity index (χ1) is 15.6. The quantitative estimate of drug-likeness (QED) is 0.524. The summed E-state index contributed by atoms with van der Waals surface area (Å²) in [5, 5.41) is 14.5. The lowest BCUT2D eigenvalue weighted by Gasteiger charge is -2.35. The third-order valence-electron chi connectivity index (χ3n) is 6.65. The van der Waals surface area contributed by atoms with E-state index in [0.29, 0.717) is 13.2 Å². The molecule has 2 atom stereocenters. The second kappa shape index (κ2) is 7.38. The van der Waals surface area contributed by atoms with Crippen molar-refractivity contribution in [2.24, 2.45) is 0 Å². The van der Waals surface area contributed by atoms with Gasteiger partial charge in [-0.1, -0.05) is 35.5 Å². The number of aryl methyl sites for hydroxylation is 2. The van der Waals surface area contributed by atoms with Crippen molar-refractivity contribution >= 4 is 17.0 Å². The molecule has 0 saturated carbocycles. The van der Waals surface area contributed by atoms with Crippen LogP contribution < -0.4 is 9.64 Å². The highest BCUT2D eigenvalue weighted by atomic mass is 16.5. The van der Waals surface area contributed by atoms with E-state index >= 15 is 0 Å². The van der Waals surface area contributed by atoms with Gasteiger partial charge in [0.2, 0.25) is 5.95 Å². The van der Waals surface area contributed by atoms with Crippen molar-refractivity contribution in [1.82, 2.24) is 14.7 Å². The number of imidazole rings is 1. The van der Waals surface area contributed by atoms with Gasteiger partial charge in [0.05, 0.1) is 28.9 Å². The molecule has 1 N–H and O–H groups in total. The predicted octanol–water partition coefficient (Wildman–Crippen LogP) is 4.25. The predicted molar refractivity (Wildman–Crippen MR) is 122 cm³/mol. The fraction of sp³-hybridized carbons (Fsp3) is 0.360. The van der Waals surface area contributed by atoms with Gasteiger partial charge in [-0.15, -0.1) is 0 Å². The molecule has 164 valence electrons. The normalized spacial score (nSPS) is 20.5. The van der Waals surface area contributed by atoms with E-state index in [0.717, 1.165) is 64.7 Å². The largest absolute Gasteiger partial charge is 0.488 e. The van der Waals surface area contributed by atoms with E-state index in [1.807, 2.05) is 19.9 Å². The number of rotatable bonds is 3. The molecular formula is C25H26N4O3. The van der Waals surface area contributed by atoms with Crippen molar-refractivity contribution in [2.75, 3.05) is 24.6 Å². The van der Waals surface area contributed by atoms with E-state index in [2.05, 4.69) is 51.0 Å². The minimum Gasteiger partial charge on any atom is -0.488 e. The Labute approximate surface area is 186 Å². The van der Waals surface area contributed by atoms with Crippen LogP contribution in [0.15, 0.2) is 47.0 Å². The van der Waals surface area contributed by atoms with Gasteiger partial charge in [-0.3, -0.25) is 4.57 Å². The lowest BCUT2D eigenvalue weighted by molar-refractivity contribution is 0.153. The molecule has 2 aliphatic heterocycles. The van der Waals surface area contributed by atoms with E-state index in [9.17, 15) is 5.11 Å². The van der Waals surface area contributed by atoms with Crippen LogP contribution >= 0.6 is 0 Å². The van der Waals surface area contributed by atoms with Crippen LogP contribution in [0.1, 0.15) is 35.9 Å². The van der Waals surface area contributed by atoms with Crippen LogP contribution in [0.2, 0.25) is 0 Å². The van der Waals surface area contributed by atoms with Gasteiger partial charge in [-0.25, -0.2) is 4.98 Å². The molecule has 7 heteroatoms. The summed E-state index contributed by atoms with van der Waals surface area (Å²) in [5.74, 6) is 2.49. The van der Waals surface area contributed by atoms with Gasteiger partial charge in [-0.05, 0) is 44.4 Å². The van der Waals surface area contributed by atoms with Crippen LogP contribution in [0, 0.1) is 13.8 Å². The zero-order valence-electron chi connectivity index (χ0n) is 18.3. The molecule has 2 aromatic heterocycles. The maximum atomic E-state index is 10.3. The fourth-order valence-corrected chi connectivity index (χ4v) is 5.17. The Morgan fingerprint density at radius 2 is 1.94 bits per heavy atom. The highest BCUT2D eigenvalue weighted by molar-refractivity contribution is 5.94. The van der Waals surface area contributed by atoms with Gasteiger partial charge in [0.25, 0.3) is 0 Å². The van der Waals surface area contributed by atoms with Crippen molar-refractivity contribution in [1.29, 1.82) is 0 Å². The summed E-state index contributed by atoms with van der Waals surface area (Å²) in [6.07, 6.45) is 1.46. The molecule has 0 amide bonds. The number of nitrogens with zero attached hydrogens (tertiary/aromatic N) is 4. The summed E-state index contributed by atoms with van der Waals surface area (Å²) < 4.78 is 14.2. The van der Waals surface area contributed by atoms with Crippen LogP contribution in [-0.4, -0.2) is 45.6 Å².